The molecule has 0 aromatic carbocycles. The molecule has 0 aliphatic carbocycles. The molecule has 0 saturated heterocycles. The van der Waals surface area contributed by atoms with Gasteiger partial charge in [0.2, 0.25) is 0 Å². The normalized spacial score (nSPS) is 13.6. The highest BCUT2D eigenvalue weighted by Crippen LogP contribution is 2.30. The molecule has 2 rings (SSSR count). The van der Waals surface area contributed by atoms with Crippen molar-refractivity contribution in [3.05, 3.63) is 38.0 Å². The van der Waals surface area contributed by atoms with Crippen molar-refractivity contribution in [2.45, 2.75) is 58.9 Å². The highest BCUT2D eigenvalue weighted by Gasteiger charge is 2.20. The number of rotatable bonds is 6. The van der Waals surface area contributed by atoms with Crippen molar-refractivity contribution in [1.29, 1.82) is 0 Å². The Labute approximate surface area is 136 Å². The van der Waals surface area contributed by atoms with Crippen LogP contribution in [0.4, 0.5) is 0 Å². The van der Waals surface area contributed by atoms with Crippen molar-refractivity contribution in [1.82, 2.24) is 10.3 Å². The molecule has 2 aromatic rings. The molecule has 116 valence electrons. The van der Waals surface area contributed by atoms with Crippen LogP contribution in [0.5, 0.6) is 0 Å². The lowest BCUT2D eigenvalue weighted by Gasteiger charge is -2.18. The van der Waals surface area contributed by atoms with Gasteiger partial charge in [-0.25, -0.2) is 4.98 Å². The van der Waals surface area contributed by atoms with Crippen molar-refractivity contribution in [3.63, 3.8) is 0 Å². The van der Waals surface area contributed by atoms with E-state index < -0.39 is 0 Å². The van der Waals surface area contributed by atoms with Crippen LogP contribution in [-0.2, 0) is 11.8 Å². The number of aryl methyl sites for hydroxylation is 1. The molecule has 0 spiro atoms. The Hall–Kier alpha value is -0.710. The monoisotopic (exact) mass is 322 g/mol. The largest absolute Gasteiger partial charge is 0.309 e. The summed E-state index contributed by atoms with van der Waals surface area (Å²) in [7, 11) is 0. The van der Waals surface area contributed by atoms with Gasteiger partial charge in [0.1, 0.15) is 0 Å². The second-order valence-electron chi connectivity index (χ2n) is 6.56. The summed E-state index contributed by atoms with van der Waals surface area (Å²) in [6, 6.07) is 2.60. The lowest BCUT2D eigenvalue weighted by molar-refractivity contribution is 0.528. The molecule has 0 fully saturated rings. The summed E-state index contributed by atoms with van der Waals surface area (Å²) in [6.45, 7) is 12.1. The number of hydrogen-bond donors (Lipinski definition) is 1. The van der Waals surface area contributed by atoms with E-state index in [2.05, 4.69) is 56.8 Å². The summed E-state index contributed by atoms with van der Waals surface area (Å²) < 4.78 is 0. The Morgan fingerprint density at radius 3 is 2.57 bits per heavy atom. The molecule has 0 radical (unpaired) electrons. The highest BCUT2D eigenvalue weighted by atomic mass is 32.1. The van der Waals surface area contributed by atoms with Gasteiger partial charge in [-0.3, -0.25) is 0 Å². The molecular weight excluding hydrogens is 296 g/mol. The molecule has 2 nitrogen and oxygen atoms in total. The number of aromatic nitrogens is 1. The van der Waals surface area contributed by atoms with E-state index in [0.29, 0.717) is 6.04 Å². The second-order valence-corrected chi connectivity index (χ2v) is 8.45. The standard InChI is InChI=1S/C17H26N2S2/c1-6-8-18-13(16-12(2)7-9-20-16)10-15-19-14(11-21-15)17(3,4)5/h7,9,11,13,18H,6,8,10H2,1-5H3. The van der Waals surface area contributed by atoms with Crippen molar-refractivity contribution in [2.24, 2.45) is 0 Å². The van der Waals surface area contributed by atoms with Crippen LogP contribution in [0, 0.1) is 6.92 Å². The van der Waals surface area contributed by atoms with Gasteiger partial charge in [0.15, 0.2) is 0 Å². The zero-order chi connectivity index (χ0) is 15.5. The van der Waals surface area contributed by atoms with Gasteiger partial charge < -0.3 is 5.32 Å². The van der Waals surface area contributed by atoms with Crippen molar-refractivity contribution < 1.29 is 0 Å². The van der Waals surface area contributed by atoms with Gasteiger partial charge in [-0.1, -0.05) is 27.7 Å². The van der Waals surface area contributed by atoms with Gasteiger partial charge in [-0.2, -0.15) is 0 Å². The second kappa shape index (κ2) is 7.03. The number of thiophene rings is 1. The number of thiazole rings is 1. The van der Waals surface area contributed by atoms with Gasteiger partial charge in [0.05, 0.1) is 10.7 Å². The minimum atomic E-state index is 0.139. The summed E-state index contributed by atoms with van der Waals surface area (Å²) in [5.41, 5.74) is 2.74. The van der Waals surface area contributed by atoms with E-state index in [1.165, 1.54) is 21.1 Å². The van der Waals surface area contributed by atoms with Crippen LogP contribution >= 0.6 is 22.7 Å². The third kappa shape index (κ3) is 4.38. The molecule has 4 heteroatoms. The van der Waals surface area contributed by atoms with Crippen LogP contribution in [0.25, 0.3) is 0 Å². The van der Waals surface area contributed by atoms with Crippen molar-refractivity contribution in [3.8, 4) is 0 Å². The molecule has 0 aliphatic heterocycles. The lowest BCUT2D eigenvalue weighted by atomic mass is 9.93. The van der Waals surface area contributed by atoms with Crippen LogP contribution in [0.15, 0.2) is 16.8 Å². The fourth-order valence-electron chi connectivity index (χ4n) is 2.24. The molecule has 1 N–H and O–H groups in total. The van der Waals surface area contributed by atoms with E-state index >= 15 is 0 Å². The molecule has 0 aliphatic rings. The minimum absolute atomic E-state index is 0.139. The SMILES string of the molecule is CCCNC(Cc1nc(C(C)(C)C)cs1)c1sccc1C. The molecule has 2 aromatic heterocycles. The first-order valence-corrected chi connectivity index (χ1v) is 9.40. The fraction of sp³-hybridized carbons (Fsp3) is 0.588. The summed E-state index contributed by atoms with van der Waals surface area (Å²) in [5, 5.41) is 9.33. The molecule has 1 unspecified atom stereocenters. The first-order valence-electron chi connectivity index (χ1n) is 7.64. The zero-order valence-corrected chi connectivity index (χ0v) is 15.3. The predicted octanol–water partition coefficient (Wildman–Crippen LogP) is 5.09. The molecule has 0 amide bonds. The van der Waals surface area contributed by atoms with Crippen LogP contribution in [-0.4, -0.2) is 11.5 Å². The fourth-order valence-corrected chi connectivity index (χ4v) is 4.31. The van der Waals surface area contributed by atoms with Crippen molar-refractivity contribution >= 4 is 22.7 Å². The summed E-state index contributed by atoms with van der Waals surface area (Å²) >= 11 is 3.65. The Balaban J connectivity index is 2.15. The maximum atomic E-state index is 4.85. The molecule has 2 heterocycles. The lowest BCUT2D eigenvalue weighted by Crippen LogP contribution is -2.24. The van der Waals surface area contributed by atoms with E-state index in [1.807, 2.05) is 11.3 Å². The predicted molar refractivity (Wildman–Crippen MR) is 94.6 cm³/mol. The smallest absolute Gasteiger partial charge is 0.0947 e. The first-order chi connectivity index (χ1) is 9.91. The van der Waals surface area contributed by atoms with E-state index in [-0.39, 0.29) is 5.41 Å². The van der Waals surface area contributed by atoms with Gasteiger partial charge in [0.25, 0.3) is 0 Å². The number of nitrogens with zero attached hydrogens (tertiary/aromatic N) is 1. The minimum Gasteiger partial charge on any atom is -0.309 e. The highest BCUT2D eigenvalue weighted by molar-refractivity contribution is 7.10. The summed E-state index contributed by atoms with van der Waals surface area (Å²) in [6.07, 6.45) is 2.15. The Bertz CT molecular complexity index is 563. The van der Waals surface area contributed by atoms with Crippen LogP contribution in [0.2, 0.25) is 0 Å². The van der Waals surface area contributed by atoms with Crippen molar-refractivity contribution in [2.75, 3.05) is 6.54 Å². The van der Waals surface area contributed by atoms with Gasteiger partial charge in [-0.15, -0.1) is 22.7 Å². The average molecular weight is 323 g/mol. The molecular formula is C17H26N2S2. The van der Waals surface area contributed by atoms with E-state index in [9.17, 15) is 0 Å². The van der Waals surface area contributed by atoms with Gasteiger partial charge >= 0.3 is 0 Å². The first kappa shape index (κ1) is 16.7. The Kier molecular flexibility index (Phi) is 5.58. The maximum Gasteiger partial charge on any atom is 0.0947 e. The molecule has 21 heavy (non-hydrogen) atoms. The third-order valence-electron chi connectivity index (χ3n) is 3.56. The van der Waals surface area contributed by atoms with Crippen LogP contribution in [0.3, 0.4) is 0 Å². The molecule has 0 bridgehead atoms. The molecule has 1 atom stereocenters. The van der Waals surface area contributed by atoms with Gasteiger partial charge in [-0.05, 0) is 36.9 Å². The van der Waals surface area contributed by atoms with E-state index in [0.717, 1.165) is 19.4 Å². The third-order valence-corrected chi connectivity index (χ3v) is 5.56. The maximum absolute atomic E-state index is 4.85. The summed E-state index contributed by atoms with van der Waals surface area (Å²) in [5.74, 6) is 0. The zero-order valence-electron chi connectivity index (χ0n) is 13.7. The Morgan fingerprint density at radius 1 is 1.29 bits per heavy atom. The van der Waals surface area contributed by atoms with E-state index in [1.54, 1.807) is 11.3 Å². The van der Waals surface area contributed by atoms with Crippen LogP contribution < -0.4 is 5.32 Å². The quantitative estimate of drug-likeness (QED) is 0.801. The molecule has 0 saturated carbocycles. The van der Waals surface area contributed by atoms with Crippen LogP contribution in [0.1, 0.15) is 61.3 Å². The average Bonchev–Trinajstić information content (AvgIpc) is 3.02. The number of hydrogen-bond acceptors (Lipinski definition) is 4. The topological polar surface area (TPSA) is 24.9 Å². The van der Waals surface area contributed by atoms with Gasteiger partial charge in [0, 0.05) is 28.1 Å². The van der Waals surface area contributed by atoms with E-state index in [4.69, 9.17) is 4.98 Å². The summed E-state index contributed by atoms with van der Waals surface area (Å²) in [4.78, 5) is 6.31. The number of nitrogens with one attached hydrogen (secondary N) is 1. The Morgan fingerprint density at radius 2 is 2.05 bits per heavy atom.